The molecule has 2 aromatic rings. The molecular weight excluding hydrogens is 368 g/mol. The molecule has 0 atom stereocenters. The highest BCUT2D eigenvalue weighted by Crippen LogP contribution is 2.38. The van der Waals surface area contributed by atoms with Crippen molar-refractivity contribution in [3.8, 4) is 0 Å². The predicted octanol–water partition coefficient (Wildman–Crippen LogP) is 2.19. The summed E-state index contributed by atoms with van der Waals surface area (Å²) in [7, 11) is -3.67. The van der Waals surface area contributed by atoms with Gasteiger partial charge in [-0.05, 0) is 58.4 Å². The fraction of sp³-hybridized carbons (Fsp3) is 0.611. The van der Waals surface area contributed by atoms with Gasteiger partial charge in [0.2, 0.25) is 10.0 Å². The fourth-order valence-corrected chi connectivity index (χ4v) is 5.51. The van der Waals surface area contributed by atoms with Crippen molar-refractivity contribution in [1.82, 2.24) is 19.7 Å². The summed E-state index contributed by atoms with van der Waals surface area (Å²) >= 11 is 0. The van der Waals surface area contributed by atoms with Crippen molar-refractivity contribution in [2.45, 2.75) is 75.3 Å². The van der Waals surface area contributed by atoms with Crippen LogP contribution in [0.2, 0.25) is 0 Å². The standard InChI is InChI=1S/C18H24N4O4S/c1-11-18(12(2)26-20-11)27(24,25)21-14-5-7-15(8-6-14)22-17(23)10-9-16(19-22)13-3-4-13/h9-10,13-15,21H,3-8H2,1-2H3. The van der Waals surface area contributed by atoms with Gasteiger partial charge in [-0.25, -0.2) is 17.8 Å². The maximum Gasteiger partial charge on any atom is 0.267 e. The Labute approximate surface area is 158 Å². The Morgan fingerprint density at radius 2 is 1.81 bits per heavy atom. The molecule has 0 spiro atoms. The van der Waals surface area contributed by atoms with Gasteiger partial charge in [0.15, 0.2) is 5.76 Å². The van der Waals surface area contributed by atoms with Crippen LogP contribution in [0, 0.1) is 13.8 Å². The van der Waals surface area contributed by atoms with Crippen LogP contribution in [0.1, 0.15) is 67.6 Å². The van der Waals surface area contributed by atoms with Gasteiger partial charge in [-0.1, -0.05) is 5.16 Å². The molecule has 2 saturated carbocycles. The molecule has 2 aromatic heterocycles. The van der Waals surface area contributed by atoms with Gasteiger partial charge in [0, 0.05) is 18.0 Å². The van der Waals surface area contributed by atoms with Crippen LogP contribution in [-0.2, 0) is 10.0 Å². The third-order valence-corrected chi connectivity index (χ3v) is 7.21. The summed E-state index contributed by atoms with van der Waals surface area (Å²) in [4.78, 5) is 12.4. The summed E-state index contributed by atoms with van der Waals surface area (Å²) in [6.45, 7) is 3.21. The van der Waals surface area contributed by atoms with Crippen molar-refractivity contribution in [3.63, 3.8) is 0 Å². The number of aromatic nitrogens is 3. The third kappa shape index (κ3) is 3.70. The minimum absolute atomic E-state index is 0.0241. The molecule has 2 aliphatic rings. The first-order valence-electron chi connectivity index (χ1n) is 9.40. The van der Waals surface area contributed by atoms with E-state index in [1.54, 1.807) is 24.6 Å². The zero-order valence-electron chi connectivity index (χ0n) is 15.5. The normalized spacial score (nSPS) is 23.5. The number of nitrogens with one attached hydrogen (secondary N) is 1. The maximum absolute atomic E-state index is 12.7. The second kappa shape index (κ2) is 6.87. The number of nitrogens with zero attached hydrogens (tertiary/aromatic N) is 3. The van der Waals surface area contributed by atoms with Crippen LogP contribution in [0.25, 0.3) is 0 Å². The summed E-state index contributed by atoms with van der Waals surface area (Å²) in [5, 5.41) is 8.29. The van der Waals surface area contributed by atoms with Crippen molar-refractivity contribution in [2.75, 3.05) is 0 Å². The van der Waals surface area contributed by atoms with E-state index >= 15 is 0 Å². The lowest BCUT2D eigenvalue weighted by Crippen LogP contribution is -2.39. The van der Waals surface area contributed by atoms with Gasteiger partial charge in [0.1, 0.15) is 10.6 Å². The molecule has 2 heterocycles. The predicted molar refractivity (Wildman–Crippen MR) is 98.1 cm³/mol. The van der Waals surface area contributed by atoms with Crippen LogP contribution in [0.4, 0.5) is 0 Å². The fourth-order valence-electron chi connectivity index (χ4n) is 3.87. The average Bonchev–Trinajstić information content (AvgIpc) is 3.40. The first-order chi connectivity index (χ1) is 12.8. The smallest absolute Gasteiger partial charge is 0.267 e. The summed E-state index contributed by atoms with van der Waals surface area (Å²) in [6, 6.07) is 3.30. The van der Waals surface area contributed by atoms with E-state index in [0.29, 0.717) is 30.2 Å². The Kier molecular flexibility index (Phi) is 4.67. The SMILES string of the molecule is Cc1noc(C)c1S(=O)(=O)NC1CCC(n2nc(C3CC3)ccc2=O)CC1. The lowest BCUT2D eigenvalue weighted by molar-refractivity contribution is 0.284. The summed E-state index contributed by atoms with van der Waals surface area (Å²) < 4.78 is 34.7. The molecule has 0 aliphatic heterocycles. The van der Waals surface area contributed by atoms with E-state index in [1.807, 2.05) is 6.07 Å². The van der Waals surface area contributed by atoms with Crippen molar-refractivity contribution in [1.29, 1.82) is 0 Å². The molecule has 0 bridgehead atoms. The highest BCUT2D eigenvalue weighted by molar-refractivity contribution is 7.89. The Hall–Kier alpha value is -2.00. The Balaban J connectivity index is 1.44. The molecule has 2 fully saturated rings. The Bertz CT molecular complexity index is 979. The van der Waals surface area contributed by atoms with Crippen molar-refractivity contribution in [2.24, 2.45) is 0 Å². The number of aryl methyl sites for hydroxylation is 2. The first kappa shape index (κ1) is 18.4. The van der Waals surface area contributed by atoms with Gasteiger partial charge in [-0.15, -0.1) is 0 Å². The largest absolute Gasteiger partial charge is 0.360 e. The molecule has 27 heavy (non-hydrogen) atoms. The van der Waals surface area contributed by atoms with Gasteiger partial charge in [0.25, 0.3) is 5.56 Å². The lowest BCUT2D eigenvalue weighted by Gasteiger charge is -2.29. The molecular formula is C18H24N4O4S. The molecule has 0 saturated heterocycles. The Morgan fingerprint density at radius 3 is 2.41 bits per heavy atom. The summed E-state index contributed by atoms with van der Waals surface area (Å²) in [5.41, 5.74) is 1.27. The lowest BCUT2D eigenvalue weighted by atomic mass is 9.92. The molecule has 0 amide bonds. The molecule has 8 nitrogen and oxygen atoms in total. The molecule has 146 valence electrons. The van der Waals surface area contributed by atoms with Gasteiger partial charge in [-0.2, -0.15) is 5.10 Å². The minimum Gasteiger partial charge on any atom is -0.360 e. The molecule has 9 heteroatoms. The molecule has 1 N–H and O–H groups in total. The number of sulfonamides is 1. The second-order valence-electron chi connectivity index (χ2n) is 7.60. The van der Waals surface area contributed by atoms with E-state index in [-0.39, 0.29) is 22.5 Å². The quantitative estimate of drug-likeness (QED) is 0.836. The topological polar surface area (TPSA) is 107 Å². The third-order valence-electron chi connectivity index (χ3n) is 5.44. The second-order valence-corrected chi connectivity index (χ2v) is 9.25. The molecule has 4 rings (SSSR count). The van der Waals surface area contributed by atoms with Crippen LogP contribution in [-0.4, -0.2) is 29.4 Å². The van der Waals surface area contributed by atoms with E-state index < -0.39 is 10.0 Å². The van der Waals surface area contributed by atoms with Crippen LogP contribution >= 0.6 is 0 Å². The number of hydrogen-bond acceptors (Lipinski definition) is 6. The van der Waals surface area contributed by atoms with Crippen LogP contribution in [0.15, 0.2) is 26.3 Å². The molecule has 2 aliphatic carbocycles. The van der Waals surface area contributed by atoms with Gasteiger partial charge < -0.3 is 4.52 Å². The Morgan fingerprint density at radius 1 is 1.11 bits per heavy atom. The zero-order valence-corrected chi connectivity index (χ0v) is 16.3. The zero-order chi connectivity index (χ0) is 19.2. The van der Waals surface area contributed by atoms with Crippen molar-refractivity contribution in [3.05, 3.63) is 39.6 Å². The maximum atomic E-state index is 12.7. The molecule has 0 radical (unpaired) electrons. The first-order valence-corrected chi connectivity index (χ1v) is 10.9. The summed E-state index contributed by atoms with van der Waals surface area (Å²) in [5.74, 6) is 0.788. The van der Waals surface area contributed by atoms with Crippen LogP contribution in [0.3, 0.4) is 0 Å². The van der Waals surface area contributed by atoms with E-state index in [4.69, 9.17) is 4.52 Å². The molecule has 0 aromatic carbocycles. The van der Waals surface area contributed by atoms with E-state index in [0.717, 1.165) is 31.4 Å². The highest BCUT2D eigenvalue weighted by atomic mass is 32.2. The minimum atomic E-state index is -3.67. The van der Waals surface area contributed by atoms with Crippen molar-refractivity contribution >= 4 is 10.0 Å². The van der Waals surface area contributed by atoms with Crippen LogP contribution in [0.5, 0.6) is 0 Å². The van der Waals surface area contributed by atoms with E-state index in [2.05, 4.69) is 15.0 Å². The van der Waals surface area contributed by atoms with E-state index in [1.165, 1.54) is 0 Å². The number of hydrogen-bond donors (Lipinski definition) is 1. The monoisotopic (exact) mass is 392 g/mol. The molecule has 0 unspecified atom stereocenters. The van der Waals surface area contributed by atoms with E-state index in [9.17, 15) is 13.2 Å². The number of rotatable bonds is 5. The average molecular weight is 392 g/mol. The van der Waals surface area contributed by atoms with Crippen molar-refractivity contribution < 1.29 is 12.9 Å². The van der Waals surface area contributed by atoms with Gasteiger partial charge >= 0.3 is 0 Å². The van der Waals surface area contributed by atoms with Crippen LogP contribution < -0.4 is 10.3 Å². The van der Waals surface area contributed by atoms with Gasteiger partial charge in [-0.3, -0.25) is 4.79 Å². The van der Waals surface area contributed by atoms with Gasteiger partial charge in [0.05, 0.1) is 11.7 Å². The summed E-state index contributed by atoms with van der Waals surface area (Å²) in [6.07, 6.45) is 5.04. The highest BCUT2D eigenvalue weighted by Gasteiger charge is 2.31.